The summed E-state index contributed by atoms with van der Waals surface area (Å²) in [6.07, 6.45) is 23.1. The van der Waals surface area contributed by atoms with E-state index in [0.717, 1.165) is 5.33 Å². The first-order valence-electron chi connectivity index (χ1n) is 11.0. The molecule has 0 aliphatic rings. The van der Waals surface area contributed by atoms with Gasteiger partial charge < -0.3 is 4.48 Å². The predicted octanol–water partition coefficient (Wildman–Crippen LogP) is 7.72. The fourth-order valence-corrected chi connectivity index (χ4v) is 3.88. The first-order valence-corrected chi connectivity index (χ1v) is 12.1. The number of nitrogens with zero attached hydrogens (tertiary/aromatic N) is 1. The minimum atomic E-state index is 1.16. The molecule has 0 atom stereocenters. The van der Waals surface area contributed by atoms with Crippen LogP contribution in [0.25, 0.3) is 0 Å². The quantitative estimate of drug-likeness (QED) is 0.117. The van der Waals surface area contributed by atoms with E-state index < -0.39 is 0 Å². The van der Waals surface area contributed by atoms with Gasteiger partial charge in [-0.2, -0.15) is 0 Å². The molecule has 0 bridgehead atoms. The Morgan fingerprint density at radius 3 is 1.21 bits per heavy atom. The molecule has 0 aliphatic heterocycles. The Bertz CT molecular complexity index is 240. The summed E-state index contributed by atoms with van der Waals surface area (Å²) in [5.74, 6) is 0. The molecule has 0 aromatic carbocycles. The van der Waals surface area contributed by atoms with E-state index in [1.807, 2.05) is 0 Å². The molecule has 146 valence electrons. The van der Waals surface area contributed by atoms with Gasteiger partial charge in [0.2, 0.25) is 0 Å². The summed E-state index contributed by atoms with van der Waals surface area (Å²) < 4.78 is 1.21. The van der Waals surface area contributed by atoms with Gasteiger partial charge in [-0.25, -0.2) is 0 Å². The van der Waals surface area contributed by atoms with E-state index in [4.69, 9.17) is 0 Å². The molecule has 0 spiro atoms. The lowest BCUT2D eigenvalue weighted by atomic mass is 10.0. The molecule has 0 aromatic rings. The van der Waals surface area contributed by atoms with Gasteiger partial charge in [0.25, 0.3) is 0 Å². The highest BCUT2D eigenvalue weighted by atomic mass is 79.9. The monoisotopic (exact) mass is 404 g/mol. The maximum atomic E-state index is 3.53. The number of halogens is 1. The lowest BCUT2D eigenvalue weighted by Gasteiger charge is -2.29. The second-order valence-electron chi connectivity index (χ2n) is 8.38. The van der Waals surface area contributed by atoms with E-state index in [1.165, 1.54) is 120 Å². The SMILES string of the molecule is CCCCCCCCCCCCCCCC[N+](C)(C)CCCCBr. The molecule has 0 amide bonds. The highest BCUT2D eigenvalue weighted by molar-refractivity contribution is 9.09. The standard InChI is InChI=1S/C22H47BrN/c1-4-5-6-7-8-9-10-11-12-13-14-15-16-18-21-24(2,3)22-19-17-20-23/h4-22H2,1-3H3/q+1. The largest absolute Gasteiger partial charge is 0.328 e. The number of hydrogen-bond donors (Lipinski definition) is 0. The summed E-state index contributed by atoms with van der Waals surface area (Å²) in [6.45, 7) is 5.00. The molecule has 0 fully saturated rings. The minimum absolute atomic E-state index is 1.16. The van der Waals surface area contributed by atoms with Crippen LogP contribution in [0.1, 0.15) is 110 Å². The molecule has 0 rings (SSSR count). The van der Waals surface area contributed by atoms with Crippen LogP contribution in [0.15, 0.2) is 0 Å². The Morgan fingerprint density at radius 1 is 0.500 bits per heavy atom. The number of hydrogen-bond acceptors (Lipinski definition) is 0. The number of rotatable bonds is 19. The summed E-state index contributed by atoms with van der Waals surface area (Å²) in [4.78, 5) is 0. The van der Waals surface area contributed by atoms with E-state index in [1.54, 1.807) is 0 Å². The second-order valence-corrected chi connectivity index (χ2v) is 9.17. The van der Waals surface area contributed by atoms with Crippen LogP contribution >= 0.6 is 15.9 Å². The molecule has 0 aromatic heterocycles. The van der Waals surface area contributed by atoms with E-state index in [-0.39, 0.29) is 0 Å². The van der Waals surface area contributed by atoms with Crippen molar-refractivity contribution in [1.82, 2.24) is 0 Å². The average molecular weight is 406 g/mol. The third-order valence-corrected chi connectivity index (χ3v) is 5.82. The highest BCUT2D eigenvalue weighted by Crippen LogP contribution is 2.13. The van der Waals surface area contributed by atoms with Crippen molar-refractivity contribution in [1.29, 1.82) is 0 Å². The van der Waals surface area contributed by atoms with Crippen LogP contribution in [0.5, 0.6) is 0 Å². The van der Waals surface area contributed by atoms with Crippen molar-refractivity contribution < 1.29 is 4.48 Å². The zero-order chi connectivity index (χ0) is 17.9. The third-order valence-electron chi connectivity index (χ3n) is 5.26. The van der Waals surface area contributed by atoms with Crippen LogP contribution < -0.4 is 0 Å². The van der Waals surface area contributed by atoms with Gasteiger partial charge in [0.05, 0.1) is 27.2 Å². The van der Waals surface area contributed by atoms with Gasteiger partial charge in [0.1, 0.15) is 0 Å². The Morgan fingerprint density at radius 2 is 0.833 bits per heavy atom. The normalized spacial score (nSPS) is 12.0. The van der Waals surface area contributed by atoms with Gasteiger partial charge in [-0.3, -0.25) is 0 Å². The zero-order valence-corrected chi connectivity index (χ0v) is 18.8. The van der Waals surface area contributed by atoms with Gasteiger partial charge in [-0.15, -0.1) is 0 Å². The third kappa shape index (κ3) is 18.8. The zero-order valence-electron chi connectivity index (χ0n) is 17.3. The fraction of sp³-hybridized carbons (Fsp3) is 1.00. The minimum Gasteiger partial charge on any atom is -0.328 e. The van der Waals surface area contributed by atoms with Crippen molar-refractivity contribution in [3.05, 3.63) is 0 Å². The molecule has 0 aliphatic carbocycles. The Labute approximate surface area is 162 Å². The molecule has 1 nitrogen and oxygen atoms in total. The van der Waals surface area contributed by atoms with E-state index >= 15 is 0 Å². The fourth-order valence-electron chi connectivity index (χ4n) is 3.48. The van der Waals surface area contributed by atoms with Crippen molar-refractivity contribution in [2.24, 2.45) is 0 Å². The molecule has 24 heavy (non-hydrogen) atoms. The lowest BCUT2D eigenvalue weighted by molar-refractivity contribution is -0.890. The van der Waals surface area contributed by atoms with E-state index in [0.29, 0.717) is 0 Å². The molecule has 0 unspecified atom stereocenters. The summed E-state index contributed by atoms with van der Waals surface area (Å²) in [6, 6.07) is 0. The summed E-state index contributed by atoms with van der Waals surface area (Å²) in [5, 5.41) is 1.16. The molecule has 0 radical (unpaired) electrons. The van der Waals surface area contributed by atoms with Crippen molar-refractivity contribution in [2.75, 3.05) is 32.5 Å². The second kappa shape index (κ2) is 18.2. The van der Waals surface area contributed by atoms with Crippen LogP contribution in [-0.2, 0) is 0 Å². The maximum absolute atomic E-state index is 3.53. The summed E-state index contributed by atoms with van der Waals surface area (Å²) in [5.41, 5.74) is 0. The van der Waals surface area contributed by atoms with Crippen LogP contribution in [0.3, 0.4) is 0 Å². The highest BCUT2D eigenvalue weighted by Gasteiger charge is 2.13. The molecular weight excluding hydrogens is 358 g/mol. The Hall–Kier alpha value is 0.440. The molecule has 0 saturated heterocycles. The Kier molecular flexibility index (Phi) is 18.6. The molecular formula is C22H47BrN+. The van der Waals surface area contributed by atoms with Crippen molar-refractivity contribution in [3.63, 3.8) is 0 Å². The van der Waals surface area contributed by atoms with Crippen molar-refractivity contribution >= 4 is 15.9 Å². The number of alkyl halides is 1. The summed E-state index contributed by atoms with van der Waals surface area (Å²) >= 11 is 3.53. The first kappa shape index (κ1) is 24.4. The van der Waals surface area contributed by atoms with Crippen LogP contribution in [0.4, 0.5) is 0 Å². The van der Waals surface area contributed by atoms with Crippen molar-refractivity contribution in [3.8, 4) is 0 Å². The van der Waals surface area contributed by atoms with Crippen LogP contribution in [0.2, 0.25) is 0 Å². The molecule has 0 saturated carbocycles. The van der Waals surface area contributed by atoms with Crippen LogP contribution in [-0.4, -0.2) is 37.0 Å². The van der Waals surface area contributed by atoms with Gasteiger partial charge in [0, 0.05) is 5.33 Å². The van der Waals surface area contributed by atoms with Gasteiger partial charge in [-0.05, 0) is 25.7 Å². The van der Waals surface area contributed by atoms with E-state index in [9.17, 15) is 0 Å². The lowest BCUT2D eigenvalue weighted by Crippen LogP contribution is -2.41. The van der Waals surface area contributed by atoms with Crippen molar-refractivity contribution in [2.45, 2.75) is 110 Å². The van der Waals surface area contributed by atoms with Crippen LogP contribution in [0, 0.1) is 0 Å². The van der Waals surface area contributed by atoms with Gasteiger partial charge in [0.15, 0.2) is 0 Å². The molecule has 0 heterocycles. The maximum Gasteiger partial charge on any atom is 0.0782 e. The van der Waals surface area contributed by atoms with E-state index in [2.05, 4.69) is 36.9 Å². The van der Waals surface area contributed by atoms with Gasteiger partial charge in [-0.1, -0.05) is 99.9 Å². The van der Waals surface area contributed by atoms with Gasteiger partial charge >= 0.3 is 0 Å². The average Bonchev–Trinajstić information content (AvgIpc) is 2.55. The predicted molar refractivity (Wildman–Crippen MR) is 115 cm³/mol. The molecule has 0 N–H and O–H groups in total. The summed E-state index contributed by atoms with van der Waals surface area (Å²) in [7, 11) is 4.80. The molecule has 2 heteroatoms. The number of quaternary nitrogens is 1. The topological polar surface area (TPSA) is 0 Å². The Balaban J connectivity index is 3.19. The smallest absolute Gasteiger partial charge is 0.0782 e. The first-order chi connectivity index (χ1) is 11.6. The number of unbranched alkanes of at least 4 members (excludes halogenated alkanes) is 14.